The van der Waals surface area contributed by atoms with Gasteiger partial charge in [-0.15, -0.1) is 0 Å². The first-order valence-corrected chi connectivity index (χ1v) is 0. The first kappa shape index (κ1) is 33.0. The van der Waals surface area contributed by atoms with Crippen LogP contribution in [0.15, 0.2) is 0 Å². The normalized spacial score (nSPS) is 0. The van der Waals surface area contributed by atoms with Gasteiger partial charge in [0.15, 0.2) is 17.4 Å². The summed E-state index contributed by atoms with van der Waals surface area (Å²) < 4.78 is 0. The SMILES string of the molecule is [AlH3].[Fe].[H-].[H-].[Mg+2].[Mn]. The van der Waals surface area contributed by atoms with Gasteiger partial charge in [-0.2, -0.15) is 0 Å². The van der Waals surface area contributed by atoms with Gasteiger partial charge in [0.2, 0.25) is 0 Å². The Bertz CT molecular complexity index is 13.5. The van der Waals surface area contributed by atoms with E-state index in [9.17, 15) is 0 Å². The molecule has 25 valence electrons. The van der Waals surface area contributed by atoms with E-state index in [1.807, 2.05) is 0 Å². The van der Waals surface area contributed by atoms with E-state index < -0.39 is 0 Å². The van der Waals surface area contributed by atoms with Gasteiger partial charge in [-0.05, 0) is 0 Å². The molecule has 0 saturated heterocycles. The van der Waals surface area contributed by atoms with E-state index in [1.165, 1.54) is 0 Å². The minimum Gasteiger partial charge on any atom is -1.00 e. The molecule has 0 saturated carbocycles. The Balaban J connectivity index is 0. The maximum absolute atomic E-state index is 0. The van der Waals surface area contributed by atoms with Crippen LogP contribution < -0.4 is 0 Å². The summed E-state index contributed by atoms with van der Waals surface area (Å²) in [6.07, 6.45) is 0. The predicted molar refractivity (Wildman–Crippen MR) is 17.9 cm³/mol. The summed E-state index contributed by atoms with van der Waals surface area (Å²) >= 11 is 0. The van der Waals surface area contributed by atoms with Crippen molar-refractivity contribution in [1.29, 1.82) is 0 Å². The summed E-state index contributed by atoms with van der Waals surface area (Å²) in [5.74, 6) is 0. The van der Waals surface area contributed by atoms with E-state index in [2.05, 4.69) is 0 Å². The molecule has 0 unspecified atom stereocenters. The minimum absolute atomic E-state index is 0. The topological polar surface area (TPSA) is 0 Å². The Morgan fingerprint density at radius 2 is 1.25 bits per heavy atom. The van der Waals surface area contributed by atoms with Crippen LogP contribution in [-0.2, 0) is 34.1 Å². The second kappa shape index (κ2) is 18.4. The van der Waals surface area contributed by atoms with Crippen LogP contribution in [0.1, 0.15) is 2.85 Å². The van der Waals surface area contributed by atoms with Crippen LogP contribution in [0.25, 0.3) is 0 Å². The molecule has 0 bridgehead atoms. The number of rotatable bonds is 0. The molecule has 0 fully saturated rings. The molecule has 0 atom stereocenters. The van der Waals surface area contributed by atoms with Crippen LogP contribution in [0.5, 0.6) is 0 Å². The molecule has 0 aliphatic rings. The zero-order valence-electron chi connectivity index (χ0n) is 3.44. The fourth-order valence-electron chi connectivity index (χ4n) is 0. The van der Waals surface area contributed by atoms with E-state index in [0.29, 0.717) is 0 Å². The summed E-state index contributed by atoms with van der Waals surface area (Å²) in [4.78, 5) is 0. The van der Waals surface area contributed by atoms with Gasteiger partial charge in [-0.3, -0.25) is 0 Å². The van der Waals surface area contributed by atoms with E-state index in [-0.39, 0.29) is 77.4 Å². The average molecular weight is 167 g/mol. The summed E-state index contributed by atoms with van der Waals surface area (Å²) in [6.45, 7) is 0. The molecule has 0 aliphatic heterocycles. The van der Waals surface area contributed by atoms with Crippen LogP contribution in [0.4, 0.5) is 0 Å². The van der Waals surface area contributed by atoms with Gasteiger partial charge in [0.05, 0.1) is 0 Å². The zero-order valence-corrected chi connectivity index (χ0v) is 5.14. The molecule has 4 heavy (non-hydrogen) atoms. The van der Waals surface area contributed by atoms with Gasteiger partial charge in [0, 0.05) is 34.1 Å². The Morgan fingerprint density at radius 3 is 1.25 bits per heavy atom. The predicted octanol–water partition coefficient (Wildman–Crippen LogP) is -1.34. The van der Waals surface area contributed by atoms with Gasteiger partial charge in [0.1, 0.15) is 0 Å². The fourth-order valence-corrected chi connectivity index (χ4v) is 0. The molecule has 0 spiro atoms. The summed E-state index contributed by atoms with van der Waals surface area (Å²) in [5, 5.41) is 0. The molecule has 0 nitrogen and oxygen atoms in total. The molecular formula is H5AlFeMgMn. The Morgan fingerprint density at radius 1 is 1.25 bits per heavy atom. The monoisotopic (exact) mass is 167 g/mol. The Kier molecular flexibility index (Phi) is 152. The van der Waals surface area contributed by atoms with Crippen molar-refractivity contribution < 1.29 is 37.0 Å². The van der Waals surface area contributed by atoms with E-state index in [4.69, 9.17) is 0 Å². The molecule has 0 aliphatic carbocycles. The molecule has 0 aromatic heterocycles. The smallest absolute Gasteiger partial charge is 1.00 e. The van der Waals surface area contributed by atoms with Crippen LogP contribution in [0.2, 0.25) is 0 Å². The van der Waals surface area contributed by atoms with Crippen molar-refractivity contribution >= 4 is 40.4 Å². The first-order chi connectivity index (χ1) is 0. The standard InChI is InChI=1S/Al.Fe.Mg.Mn.5H/q;;+2;;;;;2*-1. The third-order valence-corrected chi connectivity index (χ3v) is 0. The third kappa shape index (κ3) is 8.84. The van der Waals surface area contributed by atoms with Crippen LogP contribution >= 0.6 is 0 Å². The van der Waals surface area contributed by atoms with Crippen molar-refractivity contribution in [3.8, 4) is 0 Å². The quantitative estimate of drug-likeness (QED) is 0.391. The van der Waals surface area contributed by atoms with Crippen molar-refractivity contribution in [3.63, 3.8) is 0 Å². The zero-order chi connectivity index (χ0) is 0. The second-order valence-electron chi connectivity index (χ2n) is 0. The van der Waals surface area contributed by atoms with E-state index >= 15 is 0 Å². The Labute approximate surface area is 76.7 Å². The molecule has 0 aromatic rings. The number of hydrogen-bond acceptors (Lipinski definition) is 0. The molecule has 0 rings (SSSR count). The maximum Gasteiger partial charge on any atom is 2.00 e. The molecule has 1 radical (unpaired) electrons. The minimum atomic E-state index is 0. The first-order valence-electron chi connectivity index (χ1n) is 0. The molecule has 0 aromatic carbocycles. The largest absolute Gasteiger partial charge is 2.00 e. The molecule has 0 amide bonds. The van der Waals surface area contributed by atoms with E-state index in [0.717, 1.165) is 0 Å². The van der Waals surface area contributed by atoms with Crippen LogP contribution in [0, 0.1) is 0 Å². The summed E-state index contributed by atoms with van der Waals surface area (Å²) in [7, 11) is 0. The van der Waals surface area contributed by atoms with Crippen molar-refractivity contribution in [2.45, 2.75) is 0 Å². The van der Waals surface area contributed by atoms with Crippen molar-refractivity contribution in [2.75, 3.05) is 0 Å². The third-order valence-electron chi connectivity index (χ3n) is 0. The van der Waals surface area contributed by atoms with Crippen molar-refractivity contribution in [3.05, 3.63) is 0 Å². The van der Waals surface area contributed by atoms with Crippen molar-refractivity contribution in [2.24, 2.45) is 0 Å². The van der Waals surface area contributed by atoms with E-state index in [1.54, 1.807) is 0 Å². The van der Waals surface area contributed by atoms with Crippen LogP contribution in [-0.4, -0.2) is 40.4 Å². The second-order valence-corrected chi connectivity index (χ2v) is 0. The van der Waals surface area contributed by atoms with Crippen LogP contribution in [0.3, 0.4) is 0 Å². The molecule has 0 N–H and O–H groups in total. The molecule has 4 heteroatoms. The van der Waals surface area contributed by atoms with Gasteiger partial charge < -0.3 is 2.85 Å². The number of hydrogen-bond donors (Lipinski definition) is 0. The molecule has 0 heterocycles. The fraction of sp³-hybridized carbons (Fsp3) is 0. The maximum atomic E-state index is 0. The molecular weight excluding hydrogens is 162 g/mol. The van der Waals surface area contributed by atoms with Gasteiger partial charge in [0.25, 0.3) is 0 Å². The van der Waals surface area contributed by atoms with Crippen molar-refractivity contribution in [1.82, 2.24) is 0 Å². The summed E-state index contributed by atoms with van der Waals surface area (Å²) in [6, 6.07) is 0. The van der Waals surface area contributed by atoms with Gasteiger partial charge >= 0.3 is 23.1 Å². The Hall–Kier alpha value is 2.34. The van der Waals surface area contributed by atoms with Gasteiger partial charge in [-0.1, -0.05) is 0 Å². The van der Waals surface area contributed by atoms with Gasteiger partial charge in [-0.25, -0.2) is 0 Å². The average Bonchev–Trinajstić information content (AvgIpc) is 0. The summed E-state index contributed by atoms with van der Waals surface area (Å²) in [5.41, 5.74) is 0.